The van der Waals surface area contributed by atoms with Gasteiger partial charge in [0.25, 0.3) is 0 Å². The molecule has 1 atom stereocenters. The van der Waals surface area contributed by atoms with Crippen LogP contribution in [0.3, 0.4) is 0 Å². The van der Waals surface area contributed by atoms with Gasteiger partial charge in [0.1, 0.15) is 0 Å². The summed E-state index contributed by atoms with van der Waals surface area (Å²) in [5.41, 5.74) is 0. The topological polar surface area (TPSA) is 41.6 Å². The Labute approximate surface area is 97.3 Å². The van der Waals surface area contributed by atoms with E-state index in [9.17, 15) is 4.79 Å². The molecule has 1 aliphatic carbocycles. The monoisotopic (exact) mass is 226 g/mol. The molecule has 1 heterocycles. The molecular weight excluding hydrogens is 204 g/mol. The number of carbonyl (C=O) groups is 1. The number of nitrogens with one attached hydrogen (secondary N) is 1. The minimum Gasteiger partial charge on any atom is -0.376 e. The lowest BCUT2D eigenvalue weighted by Gasteiger charge is -2.31. The van der Waals surface area contributed by atoms with E-state index in [-0.39, 0.29) is 12.1 Å². The Morgan fingerprint density at radius 1 is 1.31 bits per heavy atom. The van der Waals surface area contributed by atoms with Gasteiger partial charge >= 0.3 is 6.03 Å². The highest BCUT2D eigenvalue weighted by atomic mass is 16.5. The molecule has 2 fully saturated rings. The van der Waals surface area contributed by atoms with Crippen molar-refractivity contribution in [2.75, 3.05) is 20.2 Å². The molecule has 1 saturated carbocycles. The SMILES string of the molecule is CN(CC1CCCCO1)C(=O)NC1CCC1. The maximum atomic E-state index is 11.8. The van der Waals surface area contributed by atoms with E-state index in [1.807, 2.05) is 7.05 Å². The van der Waals surface area contributed by atoms with Crippen molar-refractivity contribution in [3.63, 3.8) is 0 Å². The molecule has 2 amide bonds. The number of rotatable bonds is 3. The average molecular weight is 226 g/mol. The minimum absolute atomic E-state index is 0.0545. The fourth-order valence-electron chi connectivity index (χ4n) is 2.18. The van der Waals surface area contributed by atoms with Crippen molar-refractivity contribution >= 4 is 6.03 Å². The van der Waals surface area contributed by atoms with Gasteiger partial charge in [0, 0.05) is 26.2 Å². The summed E-state index contributed by atoms with van der Waals surface area (Å²) in [6.07, 6.45) is 7.24. The van der Waals surface area contributed by atoms with Gasteiger partial charge in [-0.1, -0.05) is 0 Å². The molecule has 2 rings (SSSR count). The van der Waals surface area contributed by atoms with E-state index in [1.54, 1.807) is 4.90 Å². The first-order valence-electron chi connectivity index (χ1n) is 6.39. The van der Waals surface area contributed by atoms with Crippen LogP contribution < -0.4 is 5.32 Å². The molecule has 0 aromatic heterocycles. The van der Waals surface area contributed by atoms with E-state index in [0.717, 1.165) is 38.8 Å². The maximum absolute atomic E-state index is 11.8. The maximum Gasteiger partial charge on any atom is 0.317 e. The van der Waals surface area contributed by atoms with Gasteiger partial charge in [-0.3, -0.25) is 0 Å². The van der Waals surface area contributed by atoms with Crippen LogP contribution in [0.2, 0.25) is 0 Å². The summed E-state index contributed by atoms with van der Waals surface area (Å²) in [6, 6.07) is 0.473. The smallest absolute Gasteiger partial charge is 0.317 e. The van der Waals surface area contributed by atoms with Gasteiger partial charge in [0.05, 0.1) is 6.10 Å². The number of urea groups is 1. The van der Waals surface area contributed by atoms with Crippen LogP contribution in [0, 0.1) is 0 Å². The van der Waals surface area contributed by atoms with Crippen LogP contribution in [0.25, 0.3) is 0 Å². The molecule has 2 aliphatic rings. The molecule has 0 spiro atoms. The van der Waals surface area contributed by atoms with Gasteiger partial charge < -0.3 is 15.0 Å². The number of nitrogens with zero attached hydrogens (tertiary/aromatic N) is 1. The minimum atomic E-state index is 0.0545. The van der Waals surface area contributed by atoms with Crippen molar-refractivity contribution in [1.82, 2.24) is 10.2 Å². The summed E-state index contributed by atoms with van der Waals surface area (Å²) < 4.78 is 5.62. The molecule has 1 aliphatic heterocycles. The zero-order valence-electron chi connectivity index (χ0n) is 10.1. The lowest BCUT2D eigenvalue weighted by Crippen LogP contribution is -2.48. The molecule has 1 saturated heterocycles. The predicted molar refractivity (Wildman–Crippen MR) is 62.4 cm³/mol. The van der Waals surface area contributed by atoms with Gasteiger partial charge in [-0.05, 0) is 38.5 Å². The van der Waals surface area contributed by atoms with Gasteiger partial charge in [-0.25, -0.2) is 4.79 Å². The highest BCUT2D eigenvalue weighted by Gasteiger charge is 2.23. The summed E-state index contributed by atoms with van der Waals surface area (Å²) in [5.74, 6) is 0. The first-order valence-corrected chi connectivity index (χ1v) is 6.39. The van der Waals surface area contributed by atoms with Gasteiger partial charge in [0.2, 0.25) is 0 Å². The number of carbonyl (C=O) groups excluding carboxylic acids is 1. The Morgan fingerprint density at radius 2 is 2.12 bits per heavy atom. The lowest BCUT2D eigenvalue weighted by molar-refractivity contribution is 0.00357. The Morgan fingerprint density at radius 3 is 2.69 bits per heavy atom. The summed E-state index contributed by atoms with van der Waals surface area (Å²) >= 11 is 0. The second-order valence-corrected chi connectivity index (χ2v) is 4.95. The summed E-state index contributed by atoms with van der Waals surface area (Å²) in [4.78, 5) is 13.5. The second-order valence-electron chi connectivity index (χ2n) is 4.95. The van der Waals surface area contributed by atoms with Gasteiger partial charge in [0.15, 0.2) is 0 Å². The van der Waals surface area contributed by atoms with Crippen molar-refractivity contribution in [3.05, 3.63) is 0 Å². The van der Waals surface area contributed by atoms with Gasteiger partial charge in [-0.2, -0.15) is 0 Å². The van der Waals surface area contributed by atoms with E-state index in [2.05, 4.69) is 5.32 Å². The van der Waals surface area contributed by atoms with E-state index in [4.69, 9.17) is 4.74 Å². The molecule has 0 aromatic rings. The average Bonchev–Trinajstić information content (AvgIpc) is 2.24. The standard InChI is InChI=1S/C12H22N2O2/c1-14(9-11-7-2-3-8-16-11)12(15)13-10-5-4-6-10/h10-11H,2-9H2,1H3,(H,13,15). The van der Waals surface area contributed by atoms with Crippen molar-refractivity contribution in [3.8, 4) is 0 Å². The number of amides is 2. The van der Waals surface area contributed by atoms with Crippen LogP contribution in [0.1, 0.15) is 38.5 Å². The summed E-state index contributed by atoms with van der Waals surface area (Å²) in [7, 11) is 1.85. The third-order valence-corrected chi connectivity index (χ3v) is 3.53. The third kappa shape index (κ3) is 3.11. The molecule has 1 N–H and O–H groups in total. The Balaban J connectivity index is 1.68. The molecular formula is C12H22N2O2. The summed E-state index contributed by atoms with van der Waals surface area (Å²) in [6.45, 7) is 1.57. The number of likely N-dealkylation sites (N-methyl/N-ethyl adjacent to an activating group) is 1. The number of hydrogen-bond donors (Lipinski definition) is 1. The molecule has 92 valence electrons. The van der Waals surface area contributed by atoms with Crippen molar-refractivity contribution in [2.24, 2.45) is 0 Å². The number of ether oxygens (including phenoxy) is 1. The lowest BCUT2D eigenvalue weighted by atomic mass is 9.93. The predicted octanol–water partition coefficient (Wildman–Crippen LogP) is 1.75. The van der Waals surface area contributed by atoms with Crippen LogP contribution in [-0.4, -0.2) is 43.3 Å². The highest BCUT2D eigenvalue weighted by Crippen LogP contribution is 2.18. The van der Waals surface area contributed by atoms with E-state index >= 15 is 0 Å². The zero-order chi connectivity index (χ0) is 11.4. The van der Waals surface area contributed by atoms with Crippen LogP contribution in [0.5, 0.6) is 0 Å². The van der Waals surface area contributed by atoms with Crippen LogP contribution >= 0.6 is 0 Å². The first-order chi connectivity index (χ1) is 7.75. The van der Waals surface area contributed by atoms with Crippen LogP contribution in [0.15, 0.2) is 0 Å². The van der Waals surface area contributed by atoms with E-state index < -0.39 is 0 Å². The quantitative estimate of drug-likeness (QED) is 0.796. The third-order valence-electron chi connectivity index (χ3n) is 3.53. The molecule has 0 bridgehead atoms. The fraction of sp³-hybridized carbons (Fsp3) is 0.917. The Bertz CT molecular complexity index is 235. The zero-order valence-corrected chi connectivity index (χ0v) is 10.1. The molecule has 4 heteroatoms. The van der Waals surface area contributed by atoms with Crippen molar-refractivity contribution < 1.29 is 9.53 Å². The largest absolute Gasteiger partial charge is 0.376 e. The Hall–Kier alpha value is -0.770. The normalized spacial score (nSPS) is 25.9. The van der Waals surface area contributed by atoms with Crippen LogP contribution in [0.4, 0.5) is 4.79 Å². The second kappa shape index (κ2) is 5.53. The van der Waals surface area contributed by atoms with E-state index in [1.165, 1.54) is 12.8 Å². The molecule has 0 aromatic carbocycles. The molecule has 0 radical (unpaired) electrons. The van der Waals surface area contributed by atoms with Crippen molar-refractivity contribution in [1.29, 1.82) is 0 Å². The molecule has 16 heavy (non-hydrogen) atoms. The van der Waals surface area contributed by atoms with Crippen LogP contribution in [-0.2, 0) is 4.74 Å². The van der Waals surface area contributed by atoms with E-state index in [0.29, 0.717) is 6.04 Å². The van der Waals surface area contributed by atoms with Gasteiger partial charge in [-0.15, -0.1) is 0 Å². The first kappa shape index (κ1) is 11.7. The Kier molecular flexibility index (Phi) is 4.04. The van der Waals surface area contributed by atoms with Crippen molar-refractivity contribution in [2.45, 2.75) is 50.7 Å². The molecule has 1 unspecified atom stereocenters. The number of hydrogen-bond acceptors (Lipinski definition) is 2. The fourth-order valence-corrected chi connectivity index (χ4v) is 2.18. The molecule has 4 nitrogen and oxygen atoms in total. The summed E-state index contributed by atoms with van der Waals surface area (Å²) in [5, 5.41) is 3.04. The highest BCUT2D eigenvalue weighted by molar-refractivity contribution is 5.74.